The molecular weight excluding hydrogens is 489 g/mol. The average Bonchev–Trinajstić information content (AvgIpc) is 3.33. The van der Waals surface area contributed by atoms with E-state index in [0.717, 1.165) is 17.7 Å². The lowest BCUT2D eigenvalue weighted by atomic mass is 9.88. The van der Waals surface area contributed by atoms with Gasteiger partial charge in [-0.05, 0) is 73.0 Å². The van der Waals surface area contributed by atoms with Crippen LogP contribution in [0.15, 0.2) is 119 Å². The maximum absolute atomic E-state index is 13.7. The number of halogens is 1. The van der Waals surface area contributed by atoms with E-state index >= 15 is 0 Å². The molecule has 0 bridgehead atoms. The maximum Gasteiger partial charge on any atom is 0.280 e. The quantitative estimate of drug-likeness (QED) is 0.213. The third-order valence-corrected chi connectivity index (χ3v) is 6.89. The number of H-pyrrole nitrogens is 1. The van der Waals surface area contributed by atoms with E-state index in [4.69, 9.17) is 9.73 Å². The minimum Gasteiger partial charge on any atom is -0.497 e. The molecule has 4 aromatic carbocycles. The van der Waals surface area contributed by atoms with Gasteiger partial charge in [0, 0.05) is 23.7 Å². The van der Waals surface area contributed by atoms with Gasteiger partial charge >= 0.3 is 0 Å². The van der Waals surface area contributed by atoms with Gasteiger partial charge in [0.25, 0.3) is 5.56 Å². The summed E-state index contributed by atoms with van der Waals surface area (Å²) in [5, 5.41) is 3.23. The number of aromatic nitrogens is 2. The van der Waals surface area contributed by atoms with Crippen molar-refractivity contribution in [3.63, 3.8) is 0 Å². The summed E-state index contributed by atoms with van der Waals surface area (Å²) in [6, 6.07) is 34.2. The summed E-state index contributed by atoms with van der Waals surface area (Å²) in [5.41, 5.74) is 5.37. The summed E-state index contributed by atoms with van der Waals surface area (Å²) in [7, 11) is 1.61. The van der Waals surface area contributed by atoms with Gasteiger partial charge in [-0.3, -0.25) is 14.9 Å². The number of rotatable bonds is 9. The second-order valence-electron chi connectivity index (χ2n) is 9.34. The molecule has 1 N–H and O–H groups in total. The lowest BCUT2D eigenvalue weighted by molar-refractivity contribution is 0.415. The average molecular weight is 520 g/mol. The topological polar surface area (TPSA) is 59.4 Å². The highest BCUT2D eigenvalue weighted by Gasteiger charge is 2.20. The van der Waals surface area contributed by atoms with Crippen LogP contribution in [0.1, 0.15) is 36.0 Å². The number of hydrogen-bond donors (Lipinski definition) is 1. The van der Waals surface area contributed by atoms with E-state index in [1.54, 1.807) is 19.2 Å². The zero-order chi connectivity index (χ0) is 27.2. The van der Waals surface area contributed by atoms with E-state index < -0.39 is 0 Å². The molecule has 0 atom stereocenters. The predicted molar refractivity (Wildman–Crippen MR) is 155 cm³/mol. The number of hydrogen-bond acceptors (Lipinski definition) is 3. The van der Waals surface area contributed by atoms with E-state index in [2.05, 4.69) is 53.6 Å². The summed E-state index contributed by atoms with van der Waals surface area (Å²) >= 11 is 0. The Bertz CT molecular complexity index is 1560. The minimum atomic E-state index is -0.363. The predicted octanol–water partition coefficient (Wildman–Crippen LogP) is 7.01. The fraction of sp³-hybridized carbons (Fsp3) is 0.152. The number of aromatic amines is 1. The van der Waals surface area contributed by atoms with Crippen LogP contribution in [0.5, 0.6) is 5.75 Å². The molecule has 0 saturated heterocycles. The molecule has 0 aliphatic carbocycles. The molecular formula is C33H30FN3O2. The van der Waals surface area contributed by atoms with Gasteiger partial charge in [-0.1, -0.05) is 60.7 Å². The van der Waals surface area contributed by atoms with Crippen LogP contribution >= 0.6 is 0 Å². The van der Waals surface area contributed by atoms with Gasteiger partial charge in [-0.2, -0.15) is 0 Å². The number of benzene rings is 4. The van der Waals surface area contributed by atoms with Crippen molar-refractivity contribution in [3.8, 4) is 22.7 Å². The second-order valence-corrected chi connectivity index (χ2v) is 9.34. The number of nitrogens with one attached hydrogen (secondary N) is 1. The molecule has 39 heavy (non-hydrogen) atoms. The van der Waals surface area contributed by atoms with Crippen LogP contribution in [-0.2, 0) is 0 Å². The molecule has 0 aliphatic rings. The first-order chi connectivity index (χ1) is 19.0. The molecule has 0 saturated carbocycles. The molecule has 0 spiro atoms. The molecule has 5 rings (SSSR count). The number of methoxy groups -OCH3 is 1. The van der Waals surface area contributed by atoms with Crippen molar-refractivity contribution in [2.75, 3.05) is 13.7 Å². The number of aliphatic imine (C=N–C) groups is 1. The second kappa shape index (κ2) is 11.8. The Morgan fingerprint density at radius 1 is 0.872 bits per heavy atom. The van der Waals surface area contributed by atoms with Crippen molar-refractivity contribution in [2.24, 2.45) is 4.99 Å². The highest BCUT2D eigenvalue weighted by Crippen LogP contribution is 2.28. The molecule has 5 aromatic rings. The van der Waals surface area contributed by atoms with Gasteiger partial charge in [0.05, 0.1) is 24.1 Å². The Balaban J connectivity index is 1.50. The van der Waals surface area contributed by atoms with Gasteiger partial charge in [0.1, 0.15) is 11.6 Å². The fourth-order valence-corrected chi connectivity index (χ4v) is 4.85. The van der Waals surface area contributed by atoms with Crippen LogP contribution in [0.25, 0.3) is 16.9 Å². The first kappa shape index (κ1) is 25.9. The summed E-state index contributed by atoms with van der Waals surface area (Å²) in [4.78, 5) is 18.6. The van der Waals surface area contributed by atoms with Gasteiger partial charge in [-0.25, -0.2) is 9.07 Å². The van der Waals surface area contributed by atoms with Crippen molar-refractivity contribution < 1.29 is 9.13 Å². The van der Waals surface area contributed by atoms with Gasteiger partial charge < -0.3 is 4.74 Å². The normalized spacial score (nSPS) is 11.6. The van der Waals surface area contributed by atoms with Crippen LogP contribution in [-0.4, -0.2) is 29.1 Å². The molecule has 1 aromatic heterocycles. The van der Waals surface area contributed by atoms with Crippen molar-refractivity contribution >= 4 is 5.71 Å². The Hall–Kier alpha value is -4.71. The monoisotopic (exact) mass is 519 g/mol. The van der Waals surface area contributed by atoms with E-state index in [-0.39, 0.29) is 17.3 Å². The first-order valence-corrected chi connectivity index (χ1v) is 12.9. The van der Waals surface area contributed by atoms with Crippen LogP contribution in [0.3, 0.4) is 0 Å². The molecule has 5 nitrogen and oxygen atoms in total. The fourth-order valence-electron chi connectivity index (χ4n) is 4.85. The van der Waals surface area contributed by atoms with Crippen LogP contribution in [0.2, 0.25) is 0 Å². The Labute approximate surface area is 227 Å². The van der Waals surface area contributed by atoms with Crippen molar-refractivity contribution in [2.45, 2.75) is 19.3 Å². The summed E-state index contributed by atoms with van der Waals surface area (Å²) in [6.45, 7) is 2.41. The maximum atomic E-state index is 13.7. The Kier molecular flexibility index (Phi) is 7.83. The lowest BCUT2D eigenvalue weighted by Gasteiger charge is -2.17. The zero-order valence-electron chi connectivity index (χ0n) is 22.0. The Morgan fingerprint density at radius 2 is 1.46 bits per heavy atom. The summed E-state index contributed by atoms with van der Waals surface area (Å²) in [6.07, 6.45) is 0.791. The molecule has 0 aliphatic heterocycles. The third kappa shape index (κ3) is 5.75. The van der Waals surface area contributed by atoms with Crippen LogP contribution in [0.4, 0.5) is 4.39 Å². The number of nitrogens with zero attached hydrogens (tertiary/aromatic N) is 2. The van der Waals surface area contributed by atoms with Crippen LogP contribution < -0.4 is 10.3 Å². The van der Waals surface area contributed by atoms with Crippen molar-refractivity contribution in [3.05, 3.63) is 142 Å². The SMILES string of the molecule is COc1ccc(-c2[nH]n(-c3ccc(F)cc3)c(=O)c2C(C)=NCCC(c2ccccc2)c2ccccc2)cc1. The zero-order valence-corrected chi connectivity index (χ0v) is 22.0. The van der Waals surface area contributed by atoms with Crippen LogP contribution in [0, 0.1) is 5.82 Å². The first-order valence-electron chi connectivity index (χ1n) is 12.9. The van der Waals surface area contributed by atoms with E-state index in [1.165, 1.54) is 27.9 Å². The van der Waals surface area contributed by atoms with Crippen molar-refractivity contribution in [1.82, 2.24) is 9.78 Å². The summed E-state index contributed by atoms with van der Waals surface area (Å²) in [5.74, 6) is 0.545. The Morgan fingerprint density at radius 3 is 2.03 bits per heavy atom. The number of ether oxygens (including phenoxy) is 1. The third-order valence-electron chi connectivity index (χ3n) is 6.89. The highest BCUT2D eigenvalue weighted by atomic mass is 19.1. The molecule has 0 radical (unpaired) electrons. The summed E-state index contributed by atoms with van der Waals surface area (Å²) < 4.78 is 20.3. The van der Waals surface area contributed by atoms with E-state index in [1.807, 2.05) is 43.3 Å². The van der Waals surface area contributed by atoms with Gasteiger partial charge in [0.2, 0.25) is 0 Å². The lowest BCUT2D eigenvalue weighted by Crippen LogP contribution is -2.20. The highest BCUT2D eigenvalue weighted by molar-refractivity contribution is 6.03. The van der Waals surface area contributed by atoms with E-state index in [0.29, 0.717) is 29.2 Å². The van der Waals surface area contributed by atoms with Gasteiger partial charge in [-0.15, -0.1) is 0 Å². The van der Waals surface area contributed by atoms with Gasteiger partial charge in [0.15, 0.2) is 0 Å². The molecule has 0 fully saturated rings. The van der Waals surface area contributed by atoms with Crippen molar-refractivity contribution in [1.29, 1.82) is 0 Å². The minimum absolute atomic E-state index is 0.187. The molecule has 0 unspecified atom stereocenters. The van der Waals surface area contributed by atoms with E-state index in [9.17, 15) is 9.18 Å². The molecule has 196 valence electrons. The largest absolute Gasteiger partial charge is 0.497 e. The standard InChI is InChI=1S/C33H30FN3O2/c1-23(35-22-21-30(24-9-5-3-6-10-24)25-11-7-4-8-12-25)31-32(26-13-19-29(39-2)20-14-26)36-37(33(31)38)28-17-15-27(34)16-18-28/h3-20,30,36H,21-22H2,1-2H3. The molecule has 6 heteroatoms. The molecule has 0 amide bonds. The molecule has 1 heterocycles. The smallest absolute Gasteiger partial charge is 0.280 e.